The number of rotatable bonds is 5. The van der Waals surface area contributed by atoms with Crippen molar-refractivity contribution in [1.29, 1.82) is 0 Å². The van der Waals surface area contributed by atoms with Gasteiger partial charge in [0.1, 0.15) is 18.5 Å². The van der Waals surface area contributed by atoms with Gasteiger partial charge in [0.05, 0.1) is 5.69 Å². The molecule has 0 aliphatic carbocycles. The van der Waals surface area contributed by atoms with Gasteiger partial charge in [-0.05, 0) is 25.1 Å². The number of H-pyrrole nitrogens is 1. The van der Waals surface area contributed by atoms with E-state index in [1.54, 1.807) is 19.1 Å². The molecule has 0 aliphatic rings. The molecule has 0 radical (unpaired) electrons. The number of nitrogens with one attached hydrogen (secondary N) is 1. The summed E-state index contributed by atoms with van der Waals surface area (Å²) in [6.07, 6.45) is -0.348. The average molecular weight is 288 g/mol. The second kappa shape index (κ2) is 6.69. The van der Waals surface area contributed by atoms with Crippen LogP contribution in [0.15, 0.2) is 41.2 Å². The summed E-state index contributed by atoms with van der Waals surface area (Å²) in [6, 6.07) is 10.3. The van der Waals surface area contributed by atoms with Gasteiger partial charge in [0.25, 0.3) is 5.56 Å². The van der Waals surface area contributed by atoms with Crippen LogP contribution in [0.1, 0.15) is 13.8 Å². The molecule has 1 unspecified atom stereocenters. The van der Waals surface area contributed by atoms with Crippen molar-refractivity contribution in [1.82, 2.24) is 10.2 Å². The number of carbonyl (C=O) groups excluding carboxylic acids is 1. The van der Waals surface area contributed by atoms with Gasteiger partial charge >= 0.3 is 5.97 Å². The average Bonchev–Trinajstić information content (AvgIpc) is 2.46. The maximum absolute atomic E-state index is 11.1. The molecule has 0 amide bonds. The first kappa shape index (κ1) is 14.8. The Labute approximate surface area is 121 Å². The minimum atomic E-state index is -0.348. The molecule has 110 valence electrons. The molecule has 2 rings (SSSR count). The molecule has 6 nitrogen and oxygen atoms in total. The smallest absolute Gasteiger partial charge is 0.303 e. The number of hydrogen-bond acceptors (Lipinski definition) is 5. The Hall–Kier alpha value is -2.63. The highest BCUT2D eigenvalue weighted by molar-refractivity contribution is 5.67. The van der Waals surface area contributed by atoms with Crippen molar-refractivity contribution in [3.63, 3.8) is 0 Å². The van der Waals surface area contributed by atoms with E-state index in [0.29, 0.717) is 11.4 Å². The Kier molecular flexibility index (Phi) is 4.71. The maximum atomic E-state index is 11.1. The normalized spacial score (nSPS) is 11.7. The zero-order valence-electron chi connectivity index (χ0n) is 11.8. The van der Waals surface area contributed by atoms with E-state index >= 15 is 0 Å². The lowest BCUT2D eigenvalue weighted by molar-refractivity contribution is -0.146. The van der Waals surface area contributed by atoms with Crippen molar-refractivity contribution < 1.29 is 14.3 Å². The monoisotopic (exact) mass is 288 g/mol. The molecular formula is C15H16N2O4. The van der Waals surface area contributed by atoms with Crippen LogP contribution in [0.5, 0.6) is 5.75 Å². The van der Waals surface area contributed by atoms with E-state index in [4.69, 9.17) is 9.47 Å². The first-order valence-corrected chi connectivity index (χ1v) is 6.51. The fourth-order valence-corrected chi connectivity index (χ4v) is 1.82. The lowest BCUT2D eigenvalue weighted by atomic mass is 10.1. The number of esters is 1. The van der Waals surface area contributed by atoms with Gasteiger partial charge in [-0.25, -0.2) is 5.10 Å². The molecule has 0 bridgehead atoms. The molecule has 0 fully saturated rings. The van der Waals surface area contributed by atoms with Crippen LogP contribution < -0.4 is 10.3 Å². The second-order valence-corrected chi connectivity index (χ2v) is 4.53. The van der Waals surface area contributed by atoms with Crippen LogP contribution in [0, 0.1) is 0 Å². The predicted octanol–water partition coefficient (Wildman–Crippen LogP) is 1.77. The highest BCUT2D eigenvalue weighted by Crippen LogP contribution is 2.27. The van der Waals surface area contributed by atoms with Gasteiger partial charge in [0, 0.05) is 18.6 Å². The summed E-state index contributed by atoms with van der Waals surface area (Å²) in [5.41, 5.74) is 1.09. The third-order valence-electron chi connectivity index (χ3n) is 2.68. The Morgan fingerprint density at radius 2 is 2.05 bits per heavy atom. The van der Waals surface area contributed by atoms with Crippen molar-refractivity contribution in [3.8, 4) is 17.0 Å². The molecule has 1 aromatic carbocycles. The first-order chi connectivity index (χ1) is 10.1. The Morgan fingerprint density at radius 3 is 2.71 bits per heavy atom. The standard InChI is InChI=1S/C15H16N2O4/c1-10(21-11(2)18)9-20-14-6-4-3-5-12(14)13-7-8-15(19)17-16-13/h3-8,10H,9H2,1-2H3,(H,17,19). The van der Waals surface area contributed by atoms with E-state index in [1.165, 1.54) is 13.0 Å². The molecule has 2 aromatic rings. The molecule has 0 aliphatic heterocycles. The number of nitrogens with zero attached hydrogens (tertiary/aromatic N) is 1. The van der Waals surface area contributed by atoms with Crippen LogP contribution in [0.4, 0.5) is 0 Å². The van der Waals surface area contributed by atoms with E-state index in [9.17, 15) is 9.59 Å². The molecule has 6 heteroatoms. The van der Waals surface area contributed by atoms with E-state index in [2.05, 4.69) is 10.2 Å². The van der Waals surface area contributed by atoms with Crippen molar-refractivity contribution in [3.05, 3.63) is 46.8 Å². The van der Waals surface area contributed by atoms with Crippen LogP contribution in [0.3, 0.4) is 0 Å². The minimum absolute atomic E-state index is 0.236. The molecule has 1 N–H and O–H groups in total. The largest absolute Gasteiger partial charge is 0.489 e. The number of aromatic amines is 1. The fraction of sp³-hybridized carbons (Fsp3) is 0.267. The van der Waals surface area contributed by atoms with Crippen molar-refractivity contribution in [2.24, 2.45) is 0 Å². The quantitative estimate of drug-likeness (QED) is 0.848. The molecular weight excluding hydrogens is 272 g/mol. The number of carbonyl (C=O) groups is 1. The second-order valence-electron chi connectivity index (χ2n) is 4.53. The summed E-state index contributed by atoms with van der Waals surface area (Å²) in [5.74, 6) is 0.262. The topological polar surface area (TPSA) is 81.3 Å². The van der Waals surface area contributed by atoms with Gasteiger partial charge in [-0.2, -0.15) is 5.10 Å². The number of para-hydroxylation sites is 1. The SMILES string of the molecule is CC(=O)OC(C)COc1ccccc1-c1ccc(=O)[nH]n1. The first-order valence-electron chi connectivity index (χ1n) is 6.51. The van der Waals surface area contributed by atoms with Gasteiger partial charge in [-0.3, -0.25) is 9.59 Å². The van der Waals surface area contributed by atoms with E-state index in [1.807, 2.05) is 18.2 Å². The van der Waals surface area contributed by atoms with Gasteiger partial charge in [-0.1, -0.05) is 12.1 Å². The van der Waals surface area contributed by atoms with Crippen molar-refractivity contribution in [2.75, 3.05) is 6.61 Å². The summed E-state index contributed by atoms with van der Waals surface area (Å²) >= 11 is 0. The summed E-state index contributed by atoms with van der Waals surface area (Å²) in [7, 11) is 0. The molecule has 0 spiro atoms. The summed E-state index contributed by atoms with van der Waals surface area (Å²) in [6.45, 7) is 3.34. The molecule has 1 aromatic heterocycles. The van der Waals surface area contributed by atoms with Crippen molar-refractivity contribution in [2.45, 2.75) is 20.0 Å². The van der Waals surface area contributed by atoms with Gasteiger partial charge < -0.3 is 9.47 Å². The Bertz CT molecular complexity index is 661. The highest BCUT2D eigenvalue weighted by atomic mass is 16.6. The minimum Gasteiger partial charge on any atom is -0.489 e. The lowest BCUT2D eigenvalue weighted by Gasteiger charge is -2.15. The van der Waals surface area contributed by atoms with Crippen LogP contribution in [-0.4, -0.2) is 28.9 Å². The maximum Gasteiger partial charge on any atom is 0.303 e. The fourth-order valence-electron chi connectivity index (χ4n) is 1.82. The number of aromatic nitrogens is 2. The van der Waals surface area contributed by atoms with Gasteiger partial charge in [0.2, 0.25) is 0 Å². The van der Waals surface area contributed by atoms with Crippen LogP contribution in [-0.2, 0) is 9.53 Å². The molecule has 1 atom stereocenters. The highest BCUT2D eigenvalue weighted by Gasteiger charge is 2.10. The van der Waals surface area contributed by atoms with Gasteiger partial charge in [0.15, 0.2) is 0 Å². The molecule has 1 heterocycles. The van der Waals surface area contributed by atoms with Crippen LogP contribution in [0.25, 0.3) is 11.3 Å². The number of hydrogen-bond donors (Lipinski definition) is 1. The predicted molar refractivity (Wildman–Crippen MR) is 77.0 cm³/mol. The summed E-state index contributed by atoms with van der Waals surface area (Å²) in [5, 5.41) is 6.37. The Morgan fingerprint density at radius 1 is 1.29 bits per heavy atom. The summed E-state index contributed by atoms with van der Waals surface area (Å²) in [4.78, 5) is 21.9. The number of benzene rings is 1. The van der Waals surface area contributed by atoms with E-state index < -0.39 is 0 Å². The zero-order valence-corrected chi connectivity index (χ0v) is 11.8. The molecule has 21 heavy (non-hydrogen) atoms. The van der Waals surface area contributed by atoms with Gasteiger partial charge in [-0.15, -0.1) is 0 Å². The van der Waals surface area contributed by atoms with E-state index in [-0.39, 0.29) is 24.2 Å². The molecule has 0 saturated carbocycles. The number of ether oxygens (including phenoxy) is 2. The third kappa shape index (κ3) is 4.17. The molecule has 0 saturated heterocycles. The lowest BCUT2D eigenvalue weighted by Crippen LogP contribution is -2.20. The van der Waals surface area contributed by atoms with Crippen LogP contribution >= 0.6 is 0 Å². The third-order valence-corrected chi connectivity index (χ3v) is 2.68. The van der Waals surface area contributed by atoms with Crippen molar-refractivity contribution >= 4 is 5.97 Å². The van der Waals surface area contributed by atoms with Crippen LogP contribution in [0.2, 0.25) is 0 Å². The Balaban J connectivity index is 2.15. The van der Waals surface area contributed by atoms with E-state index in [0.717, 1.165) is 5.56 Å². The summed E-state index contributed by atoms with van der Waals surface area (Å²) < 4.78 is 10.7. The zero-order chi connectivity index (χ0) is 15.2.